The molecule has 1 aromatic carbocycles. The quantitative estimate of drug-likeness (QED) is 0.828. The summed E-state index contributed by atoms with van der Waals surface area (Å²) < 4.78 is 5.82. The van der Waals surface area contributed by atoms with Gasteiger partial charge < -0.3 is 14.2 Å². The minimum atomic E-state index is -0.0653. The highest BCUT2D eigenvalue weighted by Gasteiger charge is 2.31. The topological polar surface area (TPSA) is 53.8 Å². The van der Waals surface area contributed by atoms with E-state index in [1.54, 1.807) is 0 Å². The molecular weight excluding hydrogens is 328 g/mol. The van der Waals surface area contributed by atoms with Gasteiger partial charge in [0.15, 0.2) is 5.76 Å². The molecule has 2 aromatic rings. The minimum Gasteiger partial charge on any atom is -0.451 e. The molecular formula is C21H26N2O3. The normalized spacial score (nSPS) is 19.1. The summed E-state index contributed by atoms with van der Waals surface area (Å²) in [5.74, 6) is 0.686. The summed E-state index contributed by atoms with van der Waals surface area (Å²) in [7, 11) is 0. The lowest BCUT2D eigenvalue weighted by atomic mass is 9.94. The van der Waals surface area contributed by atoms with Crippen molar-refractivity contribution < 1.29 is 14.0 Å². The zero-order valence-electron chi connectivity index (χ0n) is 15.4. The molecule has 0 unspecified atom stereocenters. The molecule has 2 aliphatic rings. The predicted molar refractivity (Wildman–Crippen MR) is 100 cm³/mol. The number of hydrogen-bond acceptors (Lipinski definition) is 3. The second-order valence-corrected chi connectivity index (χ2v) is 7.56. The molecule has 4 rings (SSSR count). The largest absolute Gasteiger partial charge is 0.451 e. The molecule has 2 saturated heterocycles. The van der Waals surface area contributed by atoms with Gasteiger partial charge in [-0.2, -0.15) is 0 Å². The molecule has 0 aliphatic carbocycles. The van der Waals surface area contributed by atoms with E-state index < -0.39 is 0 Å². The number of nitrogens with zero attached hydrogens (tertiary/aromatic N) is 2. The maximum atomic E-state index is 12.8. The van der Waals surface area contributed by atoms with Crippen LogP contribution < -0.4 is 0 Å². The zero-order chi connectivity index (χ0) is 18.1. The summed E-state index contributed by atoms with van der Waals surface area (Å²) in [6.45, 7) is 5.03. The van der Waals surface area contributed by atoms with E-state index in [1.807, 2.05) is 41.0 Å². The summed E-state index contributed by atoms with van der Waals surface area (Å²) in [4.78, 5) is 29.3. The van der Waals surface area contributed by atoms with Crippen LogP contribution in [0, 0.1) is 12.8 Å². The van der Waals surface area contributed by atoms with Gasteiger partial charge in [-0.3, -0.25) is 9.59 Å². The highest BCUT2D eigenvalue weighted by Crippen LogP contribution is 2.26. The van der Waals surface area contributed by atoms with Crippen molar-refractivity contribution in [1.29, 1.82) is 0 Å². The number of fused-ring (bicyclic) bond motifs is 1. The molecule has 3 heterocycles. The third kappa shape index (κ3) is 3.22. The van der Waals surface area contributed by atoms with Gasteiger partial charge in [0.25, 0.3) is 5.91 Å². The molecule has 0 radical (unpaired) electrons. The number of furan rings is 1. The van der Waals surface area contributed by atoms with Crippen molar-refractivity contribution in [3.63, 3.8) is 0 Å². The van der Waals surface area contributed by atoms with E-state index in [0.29, 0.717) is 18.8 Å². The number of carbonyl (C=O) groups excluding carboxylic acids is 2. The highest BCUT2D eigenvalue weighted by atomic mass is 16.3. The van der Waals surface area contributed by atoms with Crippen LogP contribution in [0.25, 0.3) is 11.0 Å². The summed E-state index contributed by atoms with van der Waals surface area (Å²) in [6, 6.07) is 7.75. The lowest BCUT2D eigenvalue weighted by molar-refractivity contribution is -0.137. The van der Waals surface area contributed by atoms with E-state index >= 15 is 0 Å². The van der Waals surface area contributed by atoms with Gasteiger partial charge in [-0.15, -0.1) is 0 Å². The van der Waals surface area contributed by atoms with Crippen molar-refractivity contribution in [3.05, 3.63) is 35.6 Å². The Bertz CT molecular complexity index is 812. The van der Waals surface area contributed by atoms with Gasteiger partial charge in [0.05, 0.1) is 0 Å². The molecule has 1 aromatic heterocycles. The Kier molecular flexibility index (Phi) is 4.70. The number of aryl methyl sites for hydroxylation is 1. The first-order valence-electron chi connectivity index (χ1n) is 9.71. The molecule has 0 N–H and O–H groups in total. The first-order valence-corrected chi connectivity index (χ1v) is 9.71. The average Bonchev–Trinajstić information content (AvgIpc) is 3.13. The van der Waals surface area contributed by atoms with Crippen molar-refractivity contribution >= 4 is 22.8 Å². The predicted octanol–water partition coefficient (Wildman–Crippen LogP) is 3.61. The van der Waals surface area contributed by atoms with E-state index in [0.717, 1.165) is 55.3 Å². The standard InChI is InChI=1S/C21H26N2O3/c1-15-6-5-7-17-14-18(26-19(15)17)21(25)23-12-8-16(9-13-23)20(24)22-10-3-2-4-11-22/h5-7,14,16H,2-4,8-13H2,1H3. The Labute approximate surface area is 153 Å². The van der Waals surface area contributed by atoms with Crippen molar-refractivity contribution in [3.8, 4) is 0 Å². The smallest absolute Gasteiger partial charge is 0.289 e. The average molecular weight is 354 g/mol. The molecule has 138 valence electrons. The van der Waals surface area contributed by atoms with Gasteiger partial charge in [-0.25, -0.2) is 0 Å². The van der Waals surface area contributed by atoms with Crippen LogP contribution >= 0.6 is 0 Å². The molecule has 2 aliphatic heterocycles. The fraction of sp³-hybridized carbons (Fsp3) is 0.524. The maximum Gasteiger partial charge on any atom is 0.289 e. The number of benzene rings is 1. The lowest BCUT2D eigenvalue weighted by Crippen LogP contribution is -2.45. The van der Waals surface area contributed by atoms with Gasteiger partial charge in [-0.1, -0.05) is 18.2 Å². The van der Waals surface area contributed by atoms with E-state index in [2.05, 4.69) is 0 Å². The second-order valence-electron chi connectivity index (χ2n) is 7.56. The van der Waals surface area contributed by atoms with Crippen LogP contribution in [0.4, 0.5) is 0 Å². The number of para-hydroxylation sites is 1. The molecule has 26 heavy (non-hydrogen) atoms. The van der Waals surface area contributed by atoms with Gasteiger partial charge in [0.1, 0.15) is 5.58 Å². The van der Waals surface area contributed by atoms with Gasteiger partial charge >= 0.3 is 0 Å². The fourth-order valence-electron chi connectivity index (χ4n) is 4.17. The van der Waals surface area contributed by atoms with Crippen molar-refractivity contribution in [2.45, 2.75) is 39.0 Å². The van der Waals surface area contributed by atoms with Crippen molar-refractivity contribution in [1.82, 2.24) is 9.80 Å². The first kappa shape index (κ1) is 17.1. The Morgan fingerprint density at radius 1 is 1.00 bits per heavy atom. The Morgan fingerprint density at radius 2 is 1.73 bits per heavy atom. The Hall–Kier alpha value is -2.30. The zero-order valence-corrected chi connectivity index (χ0v) is 15.4. The summed E-state index contributed by atoms with van der Waals surface area (Å²) in [6.07, 6.45) is 4.97. The molecule has 5 nitrogen and oxygen atoms in total. The van der Waals surface area contributed by atoms with Crippen LogP contribution in [0.2, 0.25) is 0 Å². The van der Waals surface area contributed by atoms with Crippen LogP contribution in [0.1, 0.15) is 48.2 Å². The molecule has 2 amide bonds. The van der Waals surface area contributed by atoms with Gasteiger partial charge in [0, 0.05) is 37.5 Å². The third-order valence-corrected chi connectivity index (χ3v) is 5.75. The second kappa shape index (κ2) is 7.14. The Balaban J connectivity index is 1.39. The van der Waals surface area contributed by atoms with E-state index in [1.165, 1.54) is 6.42 Å². The van der Waals surface area contributed by atoms with Crippen molar-refractivity contribution in [2.75, 3.05) is 26.2 Å². The van der Waals surface area contributed by atoms with Crippen LogP contribution in [0.15, 0.2) is 28.7 Å². The molecule has 0 spiro atoms. The molecule has 0 bridgehead atoms. The summed E-state index contributed by atoms with van der Waals surface area (Å²) in [5, 5.41) is 0.962. The van der Waals surface area contributed by atoms with Gasteiger partial charge in [-0.05, 0) is 50.7 Å². The highest BCUT2D eigenvalue weighted by molar-refractivity contribution is 5.96. The van der Waals surface area contributed by atoms with E-state index in [9.17, 15) is 9.59 Å². The van der Waals surface area contributed by atoms with Crippen LogP contribution in [0.3, 0.4) is 0 Å². The molecule has 5 heteroatoms. The number of rotatable bonds is 2. The number of amides is 2. The molecule has 0 atom stereocenters. The van der Waals surface area contributed by atoms with Crippen molar-refractivity contribution in [2.24, 2.45) is 5.92 Å². The van der Waals surface area contributed by atoms with Crippen LogP contribution in [0.5, 0.6) is 0 Å². The van der Waals surface area contributed by atoms with Crippen LogP contribution in [-0.2, 0) is 4.79 Å². The molecule has 0 saturated carbocycles. The number of piperidine rings is 2. The van der Waals surface area contributed by atoms with E-state index in [-0.39, 0.29) is 17.7 Å². The van der Waals surface area contributed by atoms with Gasteiger partial charge in [0.2, 0.25) is 5.91 Å². The lowest BCUT2D eigenvalue weighted by Gasteiger charge is -2.35. The maximum absolute atomic E-state index is 12.8. The SMILES string of the molecule is Cc1cccc2cc(C(=O)N3CCC(C(=O)N4CCCCC4)CC3)oc12. The number of likely N-dealkylation sites (tertiary alicyclic amines) is 2. The first-order chi connectivity index (χ1) is 12.6. The third-order valence-electron chi connectivity index (χ3n) is 5.75. The Morgan fingerprint density at radius 3 is 2.42 bits per heavy atom. The minimum absolute atomic E-state index is 0.0649. The number of carbonyl (C=O) groups is 2. The van der Waals surface area contributed by atoms with E-state index in [4.69, 9.17) is 4.42 Å². The monoisotopic (exact) mass is 354 g/mol. The molecule has 2 fully saturated rings. The summed E-state index contributed by atoms with van der Waals surface area (Å²) in [5.41, 5.74) is 1.82. The van der Waals surface area contributed by atoms with Crippen LogP contribution in [-0.4, -0.2) is 47.8 Å². The fourth-order valence-corrected chi connectivity index (χ4v) is 4.17. The summed E-state index contributed by atoms with van der Waals surface area (Å²) >= 11 is 0. The number of hydrogen-bond donors (Lipinski definition) is 0.